The second-order valence-electron chi connectivity index (χ2n) is 9.16. The van der Waals surface area contributed by atoms with Crippen molar-refractivity contribution in [3.05, 3.63) is 100 Å². The molecule has 1 amide bonds. The standard InChI is InChI=1S/C29H28F3N3OS/c1-3-5-19(2)16-20-8-12-22(13-9-20)25-6-4-7-26(34-25)27(36)35-28-33-18-24(37-28)17-21-10-14-23(15-11-21)29(30,31)32/h4,6-15,18-19H,3,5,16-17H2,1-2H3,(H,33,35,36). The minimum absolute atomic E-state index is 0.276. The summed E-state index contributed by atoms with van der Waals surface area (Å²) in [6.45, 7) is 4.46. The third-order valence-corrected chi connectivity index (χ3v) is 6.94. The van der Waals surface area contributed by atoms with Gasteiger partial charge in [0.25, 0.3) is 5.91 Å². The van der Waals surface area contributed by atoms with Crippen LogP contribution in [0.2, 0.25) is 0 Å². The number of hydrogen-bond donors (Lipinski definition) is 1. The normalized spacial score (nSPS) is 12.4. The zero-order chi connectivity index (χ0) is 26.4. The number of carbonyl (C=O) groups is 1. The highest BCUT2D eigenvalue weighted by Gasteiger charge is 2.29. The Morgan fingerprint density at radius 1 is 1.00 bits per heavy atom. The molecule has 2 heterocycles. The Bertz CT molecular complexity index is 1330. The van der Waals surface area contributed by atoms with Crippen LogP contribution in [-0.2, 0) is 19.0 Å². The van der Waals surface area contributed by atoms with E-state index in [0.717, 1.165) is 34.6 Å². The molecule has 4 rings (SSSR count). The van der Waals surface area contributed by atoms with Gasteiger partial charge < -0.3 is 0 Å². The van der Waals surface area contributed by atoms with Crippen LogP contribution < -0.4 is 5.32 Å². The maximum absolute atomic E-state index is 12.8. The Labute approximate surface area is 218 Å². The molecule has 1 unspecified atom stereocenters. The summed E-state index contributed by atoms with van der Waals surface area (Å²) in [6, 6.07) is 18.7. The number of nitrogens with one attached hydrogen (secondary N) is 1. The highest BCUT2D eigenvalue weighted by atomic mass is 32.1. The number of carbonyl (C=O) groups excluding carboxylic acids is 1. The average Bonchev–Trinajstić information content (AvgIpc) is 3.31. The Morgan fingerprint density at radius 3 is 2.38 bits per heavy atom. The lowest BCUT2D eigenvalue weighted by Crippen LogP contribution is -2.13. The fourth-order valence-electron chi connectivity index (χ4n) is 4.15. The van der Waals surface area contributed by atoms with Crippen LogP contribution in [0.4, 0.5) is 18.3 Å². The molecule has 37 heavy (non-hydrogen) atoms. The van der Waals surface area contributed by atoms with Gasteiger partial charge in [-0.15, -0.1) is 11.3 Å². The molecule has 192 valence electrons. The van der Waals surface area contributed by atoms with Gasteiger partial charge in [0, 0.05) is 23.1 Å². The van der Waals surface area contributed by atoms with E-state index in [-0.39, 0.29) is 11.6 Å². The van der Waals surface area contributed by atoms with Crippen molar-refractivity contribution in [1.29, 1.82) is 0 Å². The zero-order valence-corrected chi connectivity index (χ0v) is 21.5. The molecule has 0 aliphatic rings. The Hall–Kier alpha value is -3.52. The summed E-state index contributed by atoms with van der Waals surface area (Å²) in [5, 5.41) is 3.18. The highest BCUT2D eigenvalue weighted by molar-refractivity contribution is 7.15. The van der Waals surface area contributed by atoms with Gasteiger partial charge in [0.1, 0.15) is 5.69 Å². The van der Waals surface area contributed by atoms with Gasteiger partial charge in [-0.2, -0.15) is 13.2 Å². The number of pyridine rings is 1. The monoisotopic (exact) mass is 523 g/mol. The molecule has 0 aliphatic heterocycles. The molecule has 0 bridgehead atoms. The second-order valence-corrected chi connectivity index (χ2v) is 10.3. The molecule has 2 aromatic heterocycles. The van der Waals surface area contributed by atoms with Crippen LogP contribution in [0.1, 0.15) is 58.7 Å². The first-order valence-corrected chi connectivity index (χ1v) is 13.0. The summed E-state index contributed by atoms with van der Waals surface area (Å²) in [6.07, 6.45) is 1.10. The molecular formula is C29H28F3N3OS. The van der Waals surface area contributed by atoms with Gasteiger partial charge in [-0.25, -0.2) is 9.97 Å². The molecule has 2 aromatic carbocycles. The van der Waals surface area contributed by atoms with E-state index in [2.05, 4.69) is 41.3 Å². The lowest BCUT2D eigenvalue weighted by molar-refractivity contribution is -0.137. The van der Waals surface area contributed by atoms with Gasteiger partial charge in [0.15, 0.2) is 5.13 Å². The topological polar surface area (TPSA) is 54.9 Å². The summed E-state index contributed by atoms with van der Waals surface area (Å²) in [5.41, 5.74) is 3.26. The van der Waals surface area contributed by atoms with Crippen LogP contribution in [0, 0.1) is 5.92 Å². The molecule has 0 fully saturated rings. The van der Waals surface area contributed by atoms with Crippen molar-refractivity contribution >= 4 is 22.4 Å². The predicted molar refractivity (Wildman–Crippen MR) is 142 cm³/mol. The van der Waals surface area contributed by atoms with Crippen molar-refractivity contribution in [1.82, 2.24) is 9.97 Å². The Morgan fingerprint density at radius 2 is 1.70 bits per heavy atom. The molecule has 0 radical (unpaired) electrons. The summed E-state index contributed by atoms with van der Waals surface area (Å²) in [7, 11) is 0. The van der Waals surface area contributed by atoms with Crippen molar-refractivity contribution in [3.8, 4) is 11.3 Å². The number of benzene rings is 2. The van der Waals surface area contributed by atoms with E-state index in [0.29, 0.717) is 23.2 Å². The van der Waals surface area contributed by atoms with Gasteiger partial charge in [0.2, 0.25) is 0 Å². The largest absolute Gasteiger partial charge is 0.416 e. The lowest BCUT2D eigenvalue weighted by Gasteiger charge is -2.10. The van der Waals surface area contributed by atoms with Crippen LogP contribution in [0.15, 0.2) is 72.9 Å². The summed E-state index contributed by atoms with van der Waals surface area (Å²) < 4.78 is 38.3. The van der Waals surface area contributed by atoms with Gasteiger partial charge in [0.05, 0.1) is 11.3 Å². The zero-order valence-electron chi connectivity index (χ0n) is 20.7. The molecule has 0 saturated carbocycles. The number of amides is 1. The molecule has 1 N–H and O–H groups in total. The SMILES string of the molecule is CCCC(C)Cc1ccc(-c2cccc(C(=O)Nc3ncc(Cc4ccc(C(F)(F)F)cc4)s3)n2)cc1. The van der Waals surface area contributed by atoms with Crippen LogP contribution in [0.5, 0.6) is 0 Å². The minimum Gasteiger partial charge on any atom is -0.296 e. The lowest BCUT2D eigenvalue weighted by atomic mass is 9.96. The molecular weight excluding hydrogens is 495 g/mol. The maximum Gasteiger partial charge on any atom is 0.416 e. The third kappa shape index (κ3) is 7.26. The number of halogens is 3. The number of rotatable bonds is 9. The molecule has 4 nitrogen and oxygen atoms in total. The van der Waals surface area contributed by atoms with Crippen LogP contribution in [-0.4, -0.2) is 15.9 Å². The van der Waals surface area contributed by atoms with Crippen LogP contribution in [0.3, 0.4) is 0 Å². The predicted octanol–water partition coefficient (Wildman–Crippen LogP) is 8.05. The van der Waals surface area contributed by atoms with E-state index in [1.807, 2.05) is 18.2 Å². The Kier molecular flexibility index (Phi) is 8.38. The minimum atomic E-state index is -4.36. The number of nitrogens with zero attached hydrogens (tertiary/aromatic N) is 2. The van der Waals surface area contributed by atoms with E-state index >= 15 is 0 Å². The first-order valence-electron chi connectivity index (χ1n) is 12.2. The number of thiazole rings is 1. The molecule has 4 aromatic rings. The van der Waals surface area contributed by atoms with Crippen LogP contribution in [0.25, 0.3) is 11.3 Å². The van der Waals surface area contributed by atoms with Gasteiger partial charge in [-0.3, -0.25) is 10.1 Å². The Balaban J connectivity index is 1.38. The van der Waals surface area contributed by atoms with Crippen molar-refractivity contribution in [2.75, 3.05) is 5.32 Å². The first kappa shape index (κ1) is 26.5. The van der Waals surface area contributed by atoms with Crippen molar-refractivity contribution in [2.45, 2.75) is 45.7 Å². The van der Waals surface area contributed by atoms with E-state index in [1.165, 1.54) is 41.9 Å². The number of hydrogen-bond acceptors (Lipinski definition) is 4. The van der Waals surface area contributed by atoms with E-state index < -0.39 is 11.7 Å². The smallest absolute Gasteiger partial charge is 0.296 e. The first-order chi connectivity index (χ1) is 17.7. The molecule has 0 aliphatic carbocycles. The van der Waals surface area contributed by atoms with E-state index in [1.54, 1.807) is 18.3 Å². The fourth-order valence-corrected chi connectivity index (χ4v) is 4.99. The van der Waals surface area contributed by atoms with Crippen molar-refractivity contribution in [2.24, 2.45) is 5.92 Å². The quantitative estimate of drug-likeness (QED) is 0.241. The number of aromatic nitrogens is 2. The fraction of sp³-hybridized carbons (Fsp3) is 0.276. The summed E-state index contributed by atoms with van der Waals surface area (Å²) in [5.74, 6) is 0.268. The van der Waals surface area contributed by atoms with Gasteiger partial charge in [-0.05, 0) is 47.7 Å². The molecule has 0 saturated heterocycles. The second kappa shape index (κ2) is 11.7. The third-order valence-electron chi connectivity index (χ3n) is 6.03. The van der Waals surface area contributed by atoms with Crippen molar-refractivity contribution < 1.29 is 18.0 Å². The maximum atomic E-state index is 12.8. The average molecular weight is 524 g/mol. The number of anilines is 1. The molecule has 1 atom stereocenters. The van der Waals surface area contributed by atoms with Crippen molar-refractivity contribution in [3.63, 3.8) is 0 Å². The number of alkyl halides is 3. The molecule has 0 spiro atoms. The molecule has 8 heteroatoms. The van der Waals surface area contributed by atoms with E-state index in [4.69, 9.17) is 0 Å². The van der Waals surface area contributed by atoms with E-state index in [9.17, 15) is 18.0 Å². The van der Waals surface area contributed by atoms with Gasteiger partial charge in [-0.1, -0.05) is 69.2 Å². The summed E-state index contributed by atoms with van der Waals surface area (Å²) >= 11 is 1.28. The highest BCUT2D eigenvalue weighted by Crippen LogP contribution is 2.30. The van der Waals surface area contributed by atoms with Gasteiger partial charge >= 0.3 is 6.18 Å². The summed E-state index contributed by atoms with van der Waals surface area (Å²) in [4.78, 5) is 22.4. The van der Waals surface area contributed by atoms with Crippen LogP contribution >= 0.6 is 11.3 Å².